The predicted molar refractivity (Wildman–Crippen MR) is 158 cm³/mol. The molecular weight excluding hydrogens is 472 g/mol. The van der Waals surface area contributed by atoms with E-state index in [1.807, 2.05) is 24.3 Å². The molecule has 0 atom stereocenters. The molecule has 0 aliphatic heterocycles. The molecule has 1 aromatic carbocycles. The van der Waals surface area contributed by atoms with Gasteiger partial charge in [-0.2, -0.15) is 0 Å². The summed E-state index contributed by atoms with van der Waals surface area (Å²) < 4.78 is 11.3. The fourth-order valence-corrected chi connectivity index (χ4v) is 4.58. The van der Waals surface area contributed by atoms with Crippen LogP contribution in [0, 0.1) is 0 Å². The van der Waals surface area contributed by atoms with Gasteiger partial charge < -0.3 is 9.47 Å². The second-order valence-electron chi connectivity index (χ2n) is 10.5. The molecule has 5 heteroatoms. The van der Waals surface area contributed by atoms with Gasteiger partial charge in [-0.05, 0) is 37.1 Å². The van der Waals surface area contributed by atoms with Crippen molar-refractivity contribution in [2.75, 3.05) is 6.61 Å². The van der Waals surface area contributed by atoms with Crippen LogP contribution < -0.4 is 9.47 Å². The maximum Gasteiger partial charge on any atom is 0.311 e. The van der Waals surface area contributed by atoms with Gasteiger partial charge in [-0.3, -0.25) is 4.79 Å². The van der Waals surface area contributed by atoms with Crippen LogP contribution in [0.1, 0.15) is 136 Å². The average Bonchev–Trinajstić information content (AvgIpc) is 2.94. The molecular formula is C33H52N2O3. The summed E-state index contributed by atoms with van der Waals surface area (Å²) in [7, 11) is 0. The molecule has 5 nitrogen and oxygen atoms in total. The number of nitrogens with zero attached hydrogens (tertiary/aromatic N) is 2. The Hall–Kier alpha value is -2.43. The molecule has 2 rings (SSSR count). The number of hydrogen-bond donors (Lipinski definition) is 0. The first-order valence-corrected chi connectivity index (χ1v) is 15.5. The van der Waals surface area contributed by atoms with Crippen LogP contribution in [0.2, 0.25) is 0 Å². The van der Waals surface area contributed by atoms with E-state index in [-0.39, 0.29) is 5.97 Å². The van der Waals surface area contributed by atoms with Crippen molar-refractivity contribution in [2.45, 2.75) is 136 Å². The molecule has 0 unspecified atom stereocenters. The van der Waals surface area contributed by atoms with Crippen molar-refractivity contribution in [3.8, 4) is 22.9 Å². The SMILES string of the molecule is CCCCCCCCCCCCC(=O)Oc1cnc(-c2ccc(OCCCCCCCCCC)cc2)nc1. The van der Waals surface area contributed by atoms with Crippen molar-refractivity contribution in [2.24, 2.45) is 0 Å². The van der Waals surface area contributed by atoms with E-state index in [1.165, 1.54) is 96.3 Å². The zero-order valence-electron chi connectivity index (χ0n) is 24.2. The minimum Gasteiger partial charge on any atom is -0.494 e. The van der Waals surface area contributed by atoms with Gasteiger partial charge in [0, 0.05) is 12.0 Å². The Bertz CT molecular complexity index is 836. The van der Waals surface area contributed by atoms with Gasteiger partial charge in [-0.15, -0.1) is 0 Å². The summed E-state index contributed by atoms with van der Waals surface area (Å²) in [5, 5.41) is 0. The standard InChI is InChI=1S/C33H52N2O3/c1-3-5-7-9-11-13-14-15-17-19-21-32(36)38-31-27-34-33(35-28-31)29-22-24-30(25-23-29)37-26-20-18-16-12-10-8-6-4-2/h22-25,27-28H,3-21,26H2,1-2H3. The van der Waals surface area contributed by atoms with Crippen molar-refractivity contribution < 1.29 is 14.3 Å². The molecule has 1 aromatic heterocycles. The molecule has 0 saturated heterocycles. The second kappa shape index (κ2) is 21.5. The van der Waals surface area contributed by atoms with Gasteiger partial charge in [-0.1, -0.05) is 117 Å². The first kappa shape index (κ1) is 31.8. The van der Waals surface area contributed by atoms with E-state index in [0.29, 0.717) is 18.0 Å². The lowest BCUT2D eigenvalue weighted by Crippen LogP contribution is -2.08. The average molecular weight is 525 g/mol. The largest absolute Gasteiger partial charge is 0.494 e. The Morgan fingerprint density at radius 3 is 1.61 bits per heavy atom. The van der Waals surface area contributed by atoms with Crippen LogP contribution in [0.5, 0.6) is 11.5 Å². The van der Waals surface area contributed by atoms with Crippen LogP contribution in [-0.4, -0.2) is 22.5 Å². The van der Waals surface area contributed by atoms with Crippen LogP contribution in [-0.2, 0) is 4.79 Å². The summed E-state index contributed by atoms with van der Waals surface area (Å²) in [6.45, 7) is 5.26. The maximum absolute atomic E-state index is 12.1. The minimum atomic E-state index is -0.209. The highest BCUT2D eigenvalue weighted by molar-refractivity contribution is 5.72. The molecule has 0 bridgehead atoms. The quantitative estimate of drug-likeness (QED) is 0.107. The first-order valence-electron chi connectivity index (χ1n) is 15.5. The first-order chi connectivity index (χ1) is 18.7. The number of hydrogen-bond acceptors (Lipinski definition) is 5. The summed E-state index contributed by atoms with van der Waals surface area (Å²) in [6.07, 6.45) is 26.4. The molecule has 212 valence electrons. The predicted octanol–water partition coefficient (Wildman–Crippen LogP) is 9.88. The van der Waals surface area contributed by atoms with Gasteiger partial charge in [0.2, 0.25) is 0 Å². The molecule has 38 heavy (non-hydrogen) atoms. The molecule has 0 amide bonds. The molecule has 0 aliphatic rings. The lowest BCUT2D eigenvalue weighted by molar-refractivity contribution is -0.134. The Kier molecular flexibility index (Phi) is 18.0. The lowest BCUT2D eigenvalue weighted by Gasteiger charge is -2.08. The Balaban J connectivity index is 1.57. The van der Waals surface area contributed by atoms with Gasteiger partial charge in [-0.25, -0.2) is 9.97 Å². The summed E-state index contributed by atoms with van der Waals surface area (Å²) in [4.78, 5) is 20.9. The maximum atomic E-state index is 12.1. The third-order valence-corrected chi connectivity index (χ3v) is 6.97. The molecule has 0 fully saturated rings. The molecule has 0 saturated carbocycles. The normalized spacial score (nSPS) is 11.0. The highest BCUT2D eigenvalue weighted by atomic mass is 16.5. The fourth-order valence-electron chi connectivity index (χ4n) is 4.58. The van der Waals surface area contributed by atoms with Crippen molar-refractivity contribution in [3.05, 3.63) is 36.7 Å². The monoisotopic (exact) mass is 524 g/mol. The van der Waals surface area contributed by atoms with E-state index >= 15 is 0 Å². The summed E-state index contributed by atoms with van der Waals surface area (Å²) >= 11 is 0. The number of aromatic nitrogens is 2. The number of ether oxygens (including phenoxy) is 2. The van der Waals surface area contributed by atoms with Crippen molar-refractivity contribution in [1.29, 1.82) is 0 Å². The topological polar surface area (TPSA) is 61.3 Å². The molecule has 0 N–H and O–H groups in total. The number of benzene rings is 1. The van der Waals surface area contributed by atoms with Crippen LogP contribution >= 0.6 is 0 Å². The third-order valence-electron chi connectivity index (χ3n) is 6.97. The molecule has 0 radical (unpaired) electrons. The Labute approximate surface area is 232 Å². The van der Waals surface area contributed by atoms with E-state index in [1.54, 1.807) is 12.4 Å². The molecule has 0 spiro atoms. The highest BCUT2D eigenvalue weighted by Crippen LogP contribution is 2.21. The number of carbonyl (C=O) groups excluding carboxylic acids is 1. The Morgan fingerprint density at radius 2 is 1.08 bits per heavy atom. The molecule has 2 aromatic rings. The second-order valence-corrected chi connectivity index (χ2v) is 10.5. The zero-order valence-corrected chi connectivity index (χ0v) is 24.2. The number of esters is 1. The number of rotatable bonds is 23. The third kappa shape index (κ3) is 15.1. The zero-order chi connectivity index (χ0) is 27.1. The minimum absolute atomic E-state index is 0.209. The van der Waals surface area contributed by atoms with Gasteiger partial charge in [0.25, 0.3) is 0 Å². The summed E-state index contributed by atoms with van der Waals surface area (Å²) in [5.74, 6) is 1.67. The van der Waals surface area contributed by atoms with Gasteiger partial charge in [0.15, 0.2) is 11.6 Å². The molecule has 0 aliphatic carbocycles. The lowest BCUT2D eigenvalue weighted by atomic mass is 10.1. The van der Waals surface area contributed by atoms with Gasteiger partial charge in [0.1, 0.15) is 5.75 Å². The van der Waals surface area contributed by atoms with E-state index < -0.39 is 0 Å². The highest BCUT2D eigenvalue weighted by Gasteiger charge is 2.08. The van der Waals surface area contributed by atoms with Crippen LogP contribution in [0.3, 0.4) is 0 Å². The van der Waals surface area contributed by atoms with Gasteiger partial charge in [0.05, 0.1) is 19.0 Å². The van der Waals surface area contributed by atoms with Crippen LogP contribution in [0.15, 0.2) is 36.7 Å². The fraction of sp³-hybridized carbons (Fsp3) is 0.667. The van der Waals surface area contributed by atoms with E-state index in [0.717, 1.165) is 37.2 Å². The smallest absolute Gasteiger partial charge is 0.311 e. The van der Waals surface area contributed by atoms with Crippen LogP contribution in [0.25, 0.3) is 11.4 Å². The van der Waals surface area contributed by atoms with Crippen LogP contribution in [0.4, 0.5) is 0 Å². The van der Waals surface area contributed by atoms with Crippen molar-refractivity contribution >= 4 is 5.97 Å². The van der Waals surface area contributed by atoms with Crippen molar-refractivity contribution in [1.82, 2.24) is 9.97 Å². The van der Waals surface area contributed by atoms with E-state index in [4.69, 9.17) is 9.47 Å². The summed E-state index contributed by atoms with van der Waals surface area (Å²) in [5.41, 5.74) is 0.910. The van der Waals surface area contributed by atoms with Gasteiger partial charge >= 0.3 is 5.97 Å². The van der Waals surface area contributed by atoms with Crippen molar-refractivity contribution in [3.63, 3.8) is 0 Å². The number of unbranched alkanes of at least 4 members (excludes halogenated alkanes) is 16. The van der Waals surface area contributed by atoms with E-state index in [9.17, 15) is 4.79 Å². The molecule has 1 heterocycles. The Morgan fingerprint density at radius 1 is 0.605 bits per heavy atom. The van der Waals surface area contributed by atoms with E-state index in [2.05, 4.69) is 23.8 Å². The summed E-state index contributed by atoms with van der Waals surface area (Å²) in [6, 6.07) is 7.86. The number of carbonyl (C=O) groups is 1.